The summed E-state index contributed by atoms with van der Waals surface area (Å²) in [5.74, 6) is 0. The number of nitrogens with one attached hydrogen (secondary N) is 1. The maximum Gasteiger partial charge on any atom is 0.0498 e. The second kappa shape index (κ2) is 9.96. The second-order valence-electron chi connectivity index (χ2n) is 5.61. The van der Waals surface area contributed by atoms with Crippen molar-refractivity contribution in [2.75, 3.05) is 12.8 Å². The molecular weight excluding hydrogens is 242 g/mol. The van der Waals surface area contributed by atoms with E-state index in [-0.39, 0.29) is 0 Å². The van der Waals surface area contributed by atoms with Gasteiger partial charge in [0.25, 0.3) is 0 Å². The highest BCUT2D eigenvalue weighted by molar-refractivity contribution is 7.85. The molecule has 0 amide bonds. The van der Waals surface area contributed by atoms with Crippen LogP contribution in [0, 0.1) is 0 Å². The smallest absolute Gasteiger partial charge is 0.0498 e. The van der Waals surface area contributed by atoms with Gasteiger partial charge in [-0.2, -0.15) is 0 Å². The maximum atomic E-state index is 12.0. The Morgan fingerprint density at radius 3 is 1.94 bits per heavy atom. The van der Waals surface area contributed by atoms with Gasteiger partial charge in [-0.1, -0.05) is 58.3 Å². The van der Waals surface area contributed by atoms with Crippen LogP contribution in [0.2, 0.25) is 0 Å². The van der Waals surface area contributed by atoms with E-state index in [1.807, 2.05) is 6.26 Å². The van der Waals surface area contributed by atoms with Crippen LogP contribution >= 0.6 is 0 Å². The summed E-state index contributed by atoms with van der Waals surface area (Å²) in [4.78, 5) is 0. The molecule has 3 atom stereocenters. The molecule has 2 nitrogen and oxygen atoms in total. The van der Waals surface area contributed by atoms with Crippen molar-refractivity contribution >= 4 is 10.8 Å². The Kier molecular flexibility index (Phi) is 8.95. The molecule has 0 bridgehead atoms. The third-order valence-corrected chi connectivity index (χ3v) is 5.51. The lowest BCUT2D eigenvalue weighted by Crippen LogP contribution is -2.42. The van der Waals surface area contributed by atoms with Crippen molar-refractivity contribution < 1.29 is 4.21 Å². The van der Waals surface area contributed by atoms with Crippen LogP contribution in [0.25, 0.3) is 0 Å². The fraction of sp³-hybridized carbons (Fsp3) is 1.00. The van der Waals surface area contributed by atoms with E-state index in [1.165, 1.54) is 57.8 Å². The predicted molar refractivity (Wildman–Crippen MR) is 81.5 cm³/mol. The molecule has 0 aromatic carbocycles. The van der Waals surface area contributed by atoms with Crippen LogP contribution in [0.4, 0.5) is 0 Å². The van der Waals surface area contributed by atoms with Crippen LogP contribution < -0.4 is 5.32 Å². The number of hydrogen-bond acceptors (Lipinski definition) is 2. The van der Waals surface area contributed by atoms with Gasteiger partial charge in [0.15, 0.2) is 0 Å². The van der Waals surface area contributed by atoms with Crippen molar-refractivity contribution in [3.05, 3.63) is 0 Å². The first-order valence-corrected chi connectivity index (χ1v) is 9.43. The third-order valence-electron chi connectivity index (χ3n) is 4.10. The van der Waals surface area contributed by atoms with Crippen molar-refractivity contribution in [3.63, 3.8) is 0 Å². The molecule has 0 aromatic heterocycles. The van der Waals surface area contributed by atoms with E-state index in [2.05, 4.69) is 12.2 Å². The Balaban J connectivity index is 2.55. The minimum absolute atomic E-state index is 0.365. The minimum atomic E-state index is -0.688. The molecule has 0 saturated heterocycles. The standard InChI is InChI=1S/C15H31NOS/c1-3-16-14-12-10-8-6-4-5-7-9-11-13-15(14)18(2)17/h14-16H,3-13H2,1-2H3. The van der Waals surface area contributed by atoms with Crippen molar-refractivity contribution in [2.45, 2.75) is 82.4 Å². The average Bonchev–Trinajstić information content (AvgIpc) is 2.32. The highest BCUT2D eigenvalue weighted by Crippen LogP contribution is 2.20. The highest BCUT2D eigenvalue weighted by atomic mass is 32.2. The topological polar surface area (TPSA) is 29.1 Å². The van der Waals surface area contributed by atoms with E-state index in [4.69, 9.17) is 0 Å². The zero-order valence-corrected chi connectivity index (χ0v) is 13.1. The SMILES string of the molecule is CCNC1CCCCCCCCCCC1S(C)=O. The lowest BCUT2D eigenvalue weighted by atomic mass is 9.97. The van der Waals surface area contributed by atoms with Crippen LogP contribution in [0.5, 0.6) is 0 Å². The summed E-state index contributed by atoms with van der Waals surface area (Å²) in [6, 6.07) is 0.472. The Morgan fingerprint density at radius 2 is 1.44 bits per heavy atom. The molecule has 3 unspecified atom stereocenters. The molecular formula is C15H31NOS. The summed E-state index contributed by atoms with van der Waals surface area (Å²) < 4.78 is 12.0. The van der Waals surface area contributed by atoms with Gasteiger partial charge < -0.3 is 5.32 Å². The van der Waals surface area contributed by atoms with Gasteiger partial charge in [0.1, 0.15) is 0 Å². The summed E-state index contributed by atoms with van der Waals surface area (Å²) in [7, 11) is -0.688. The average molecular weight is 273 g/mol. The Hall–Kier alpha value is 0.110. The molecule has 1 saturated carbocycles. The predicted octanol–water partition coefficient (Wildman–Crippen LogP) is 3.63. The molecule has 0 radical (unpaired) electrons. The second-order valence-corrected chi connectivity index (χ2v) is 7.21. The largest absolute Gasteiger partial charge is 0.313 e. The van der Waals surface area contributed by atoms with Crippen LogP contribution in [-0.2, 0) is 10.8 Å². The first-order chi connectivity index (χ1) is 8.75. The van der Waals surface area contributed by atoms with Gasteiger partial charge in [-0.3, -0.25) is 4.21 Å². The van der Waals surface area contributed by atoms with Crippen LogP contribution in [0.15, 0.2) is 0 Å². The van der Waals surface area contributed by atoms with Crippen molar-refractivity contribution in [3.8, 4) is 0 Å². The van der Waals surface area contributed by atoms with Gasteiger partial charge in [0.05, 0.1) is 0 Å². The first kappa shape index (κ1) is 16.2. The number of rotatable bonds is 3. The summed E-state index contributed by atoms with van der Waals surface area (Å²) in [6.07, 6.45) is 15.0. The van der Waals surface area contributed by atoms with E-state index in [0.717, 1.165) is 13.0 Å². The molecule has 0 heterocycles. The monoisotopic (exact) mass is 273 g/mol. The minimum Gasteiger partial charge on any atom is -0.313 e. The van der Waals surface area contributed by atoms with E-state index < -0.39 is 10.8 Å². The van der Waals surface area contributed by atoms with Gasteiger partial charge in [-0.25, -0.2) is 0 Å². The maximum absolute atomic E-state index is 12.0. The molecule has 0 spiro atoms. The number of hydrogen-bond donors (Lipinski definition) is 1. The van der Waals surface area contributed by atoms with Crippen LogP contribution in [0.1, 0.15) is 71.1 Å². The van der Waals surface area contributed by atoms with E-state index in [9.17, 15) is 4.21 Å². The molecule has 1 N–H and O–H groups in total. The normalized spacial score (nSPS) is 30.1. The van der Waals surface area contributed by atoms with Gasteiger partial charge in [0.2, 0.25) is 0 Å². The molecule has 1 fully saturated rings. The summed E-state index contributed by atoms with van der Waals surface area (Å²) in [6.45, 7) is 3.16. The van der Waals surface area contributed by atoms with Crippen LogP contribution in [-0.4, -0.2) is 28.3 Å². The zero-order chi connectivity index (χ0) is 13.2. The van der Waals surface area contributed by atoms with Crippen LogP contribution in [0.3, 0.4) is 0 Å². The Bertz CT molecular complexity index is 233. The molecule has 1 aliphatic carbocycles. The summed E-state index contributed by atoms with van der Waals surface area (Å²) >= 11 is 0. The van der Waals surface area contributed by atoms with Gasteiger partial charge in [0, 0.05) is 28.3 Å². The molecule has 0 aromatic rings. The van der Waals surface area contributed by atoms with Crippen molar-refractivity contribution in [1.29, 1.82) is 0 Å². The van der Waals surface area contributed by atoms with E-state index in [1.54, 1.807) is 0 Å². The van der Waals surface area contributed by atoms with Gasteiger partial charge >= 0.3 is 0 Å². The Labute approximate surface area is 116 Å². The molecule has 108 valence electrons. The lowest BCUT2D eigenvalue weighted by molar-refractivity contribution is 0.415. The molecule has 3 heteroatoms. The molecule has 18 heavy (non-hydrogen) atoms. The van der Waals surface area contributed by atoms with Gasteiger partial charge in [-0.05, 0) is 19.4 Å². The van der Waals surface area contributed by atoms with Gasteiger partial charge in [-0.15, -0.1) is 0 Å². The van der Waals surface area contributed by atoms with E-state index >= 15 is 0 Å². The zero-order valence-electron chi connectivity index (χ0n) is 12.2. The first-order valence-electron chi connectivity index (χ1n) is 7.81. The Morgan fingerprint density at radius 1 is 0.944 bits per heavy atom. The third kappa shape index (κ3) is 6.33. The fourth-order valence-electron chi connectivity index (χ4n) is 3.05. The molecule has 1 rings (SSSR count). The quantitative estimate of drug-likeness (QED) is 0.851. The summed E-state index contributed by atoms with van der Waals surface area (Å²) in [5.41, 5.74) is 0. The molecule has 1 aliphatic rings. The van der Waals surface area contributed by atoms with Crippen molar-refractivity contribution in [1.82, 2.24) is 5.32 Å². The van der Waals surface area contributed by atoms with E-state index in [0.29, 0.717) is 11.3 Å². The fourth-order valence-corrected chi connectivity index (χ4v) is 4.24. The van der Waals surface area contributed by atoms with Crippen molar-refractivity contribution in [2.24, 2.45) is 0 Å². The lowest BCUT2D eigenvalue weighted by Gasteiger charge is -2.27. The molecule has 0 aliphatic heterocycles. The summed E-state index contributed by atoms with van der Waals surface area (Å²) in [5, 5.41) is 3.94. The highest BCUT2D eigenvalue weighted by Gasteiger charge is 2.23.